The van der Waals surface area contributed by atoms with Crippen LogP contribution in [0.25, 0.3) is 0 Å². The Bertz CT molecular complexity index is 408. The summed E-state index contributed by atoms with van der Waals surface area (Å²) in [6.45, 7) is 0. The third kappa shape index (κ3) is 2.65. The molecule has 0 aromatic heterocycles. The van der Waals surface area contributed by atoms with Crippen LogP contribution in [-0.2, 0) is 6.42 Å². The summed E-state index contributed by atoms with van der Waals surface area (Å²) in [4.78, 5) is 0. The SMILES string of the molecule is Brc1cccc2c1CCC2NC1CCCCCC1. The fourth-order valence-corrected chi connectivity index (χ4v) is 4.09. The molecule has 3 rings (SSSR count). The van der Waals surface area contributed by atoms with Crippen molar-refractivity contribution in [3.63, 3.8) is 0 Å². The molecule has 0 bridgehead atoms. The van der Waals surface area contributed by atoms with Gasteiger partial charge in [0.1, 0.15) is 0 Å². The lowest BCUT2D eigenvalue weighted by Gasteiger charge is -2.22. The Morgan fingerprint density at radius 1 is 1.00 bits per heavy atom. The molecule has 1 nitrogen and oxygen atoms in total. The molecule has 0 heterocycles. The zero-order chi connectivity index (χ0) is 12.4. The number of hydrogen-bond acceptors (Lipinski definition) is 1. The van der Waals surface area contributed by atoms with Gasteiger partial charge < -0.3 is 5.32 Å². The number of nitrogens with one attached hydrogen (secondary N) is 1. The van der Waals surface area contributed by atoms with Crippen molar-refractivity contribution < 1.29 is 0 Å². The lowest BCUT2D eigenvalue weighted by atomic mass is 10.0. The van der Waals surface area contributed by atoms with Gasteiger partial charge in [-0.25, -0.2) is 0 Å². The number of fused-ring (bicyclic) bond motifs is 1. The van der Waals surface area contributed by atoms with E-state index in [0.29, 0.717) is 6.04 Å². The predicted octanol–water partition coefficient (Wildman–Crippen LogP) is 4.75. The van der Waals surface area contributed by atoms with Crippen LogP contribution in [-0.4, -0.2) is 6.04 Å². The van der Waals surface area contributed by atoms with Crippen LogP contribution in [0.2, 0.25) is 0 Å². The van der Waals surface area contributed by atoms with Crippen LogP contribution in [0.3, 0.4) is 0 Å². The Labute approximate surface area is 118 Å². The zero-order valence-corrected chi connectivity index (χ0v) is 12.5. The van der Waals surface area contributed by atoms with E-state index < -0.39 is 0 Å². The Hall–Kier alpha value is -0.340. The number of rotatable bonds is 2. The summed E-state index contributed by atoms with van der Waals surface area (Å²) in [6.07, 6.45) is 10.9. The predicted molar refractivity (Wildman–Crippen MR) is 79.8 cm³/mol. The van der Waals surface area contributed by atoms with Crippen molar-refractivity contribution >= 4 is 15.9 Å². The van der Waals surface area contributed by atoms with Gasteiger partial charge in [0.25, 0.3) is 0 Å². The first-order valence-corrected chi connectivity index (χ1v) is 8.17. The second-order valence-electron chi connectivity index (χ2n) is 5.75. The third-order valence-corrected chi connectivity index (χ3v) is 5.25. The fraction of sp³-hybridized carbons (Fsp3) is 0.625. The van der Waals surface area contributed by atoms with Crippen LogP contribution in [0.5, 0.6) is 0 Å². The molecule has 0 aliphatic heterocycles. The monoisotopic (exact) mass is 307 g/mol. The fourth-order valence-electron chi connectivity index (χ4n) is 3.51. The van der Waals surface area contributed by atoms with Gasteiger partial charge in [0, 0.05) is 16.6 Å². The molecule has 0 amide bonds. The van der Waals surface area contributed by atoms with Gasteiger partial charge in [0.05, 0.1) is 0 Å². The third-order valence-electron chi connectivity index (χ3n) is 4.51. The van der Waals surface area contributed by atoms with E-state index in [2.05, 4.69) is 39.4 Å². The van der Waals surface area contributed by atoms with E-state index >= 15 is 0 Å². The molecule has 2 aliphatic carbocycles. The van der Waals surface area contributed by atoms with E-state index in [-0.39, 0.29) is 0 Å². The first-order valence-electron chi connectivity index (χ1n) is 7.38. The molecule has 2 aliphatic rings. The lowest BCUT2D eigenvalue weighted by molar-refractivity contribution is 0.397. The molecule has 0 spiro atoms. The smallest absolute Gasteiger partial charge is 0.0328 e. The van der Waals surface area contributed by atoms with Crippen LogP contribution < -0.4 is 5.32 Å². The number of hydrogen-bond donors (Lipinski definition) is 1. The van der Waals surface area contributed by atoms with Crippen LogP contribution >= 0.6 is 15.9 Å². The van der Waals surface area contributed by atoms with Gasteiger partial charge in [-0.1, -0.05) is 53.7 Å². The number of benzene rings is 1. The molecule has 98 valence electrons. The topological polar surface area (TPSA) is 12.0 Å². The first-order chi connectivity index (χ1) is 8.84. The van der Waals surface area contributed by atoms with Crippen LogP contribution in [0, 0.1) is 0 Å². The van der Waals surface area contributed by atoms with E-state index in [1.165, 1.54) is 67.0 Å². The van der Waals surface area contributed by atoms with Gasteiger partial charge in [0.15, 0.2) is 0 Å². The minimum absolute atomic E-state index is 0.598. The molecule has 1 fully saturated rings. The normalized spacial score (nSPS) is 24.8. The maximum Gasteiger partial charge on any atom is 0.0328 e. The Morgan fingerprint density at radius 3 is 2.56 bits per heavy atom. The minimum atomic E-state index is 0.598. The molecule has 18 heavy (non-hydrogen) atoms. The summed E-state index contributed by atoms with van der Waals surface area (Å²) in [6, 6.07) is 8.01. The van der Waals surface area contributed by atoms with Crippen molar-refractivity contribution in [2.45, 2.75) is 63.5 Å². The van der Waals surface area contributed by atoms with Gasteiger partial charge in [-0.05, 0) is 42.9 Å². The van der Waals surface area contributed by atoms with Crippen molar-refractivity contribution in [2.75, 3.05) is 0 Å². The highest BCUT2D eigenvalue weighted by Gasteiger charge is 2.26. The van der Waals surface area contributed by atoms with E-state index in [1.54, 1.807) is 0 Å². The largest absolute Gasteiger partial charge is 0.307 e. The van der Waals surface area contributed by atoms with Crippen LogP contribution in [0.1, 0.15) is 62.1 Å². The molecular weight excluding hydrogens is 286 g/mol. The molecule has 1 aromatic carbocycles. The van der Waals surface area contributed by atoms with Crippen molar-refractivity contribution in [3.8, 4) is 0 Å². The summed E-state index contributed by atoms with van der Waals surface area (Å²) < 4.78 is 1.30. The van der Waals surface area contributed by atoms with Gasteiger partial charge in [-0.3, -0.25) is 0 Å². The van der Waals surface area contributed by atoms with Gasteiger partial charge >= 0.3 is 0 Å². The molecule has 2 heteroatoms. The van der Waals surface area contributed by atoms with Crippen LogP contribution in [0.4, 0.5) is 0 Å². The Balaban J connectivity index is 1.70. The maximum atomic E-state index is 3.92. The highest BCUT2D eigenvalue weighted by atomic mass is 79.9. The van der Waals surface area contributed by atoms with Crippen molar-refractivity contribution in [1.29, 1.82) is 0 Å². The summed E-state index contributed by atoms with van der Waals surface area (Å²) in [7, 11) is 0. The van der Waals surface area contributed by atoms with Crippen molar-refractivity contribution in [1.82, 2.24) is 5.32 Å². The Morgan fingerprint density at radius 2 is 1.78 bits per heavy atom. The average molecular weight is 308 g/mol. The van der Waals surface area contributed by atoms with E-state index in [9.17, 15) is 0 Å². The molecule has 1 aromatic rings. The molecule has 1 N–H and O–H groups in total. The average Bonchev–Trinajstić information content (AvgIpc) is 2.61. The van der Waals surface area contributed by atoms with Gasteiger partial charge in [-0.15, -0.1) is 0 Å². The minimum Gasteiger partial charge on any atom is -0.307 e. The van der Waals surface area contributed by atoms with E-state index in [4.69, 9.17) is 0 Å². The highest BCUT2D eigenvalue weighted by molar-refractivity contribution is 9.10. The van der Waals surface area contributed by atoms with Gasteiger partial charge in [0.2, 0.25) is 0 Å². The Kier molecular flexibility index (Phi) is 4.05. The highest BCUT2D eigenvalue weighted by Crippen LogP contribution is 2.36. The van der Waals surface area contributed by atoms with Crippen molar-refractivity contribution in [2.24, 2.45) is 0 Å². The quantitative estimate of drug-likeness (QED) is 0.778. The standard InChI is InChI=1S/C16H22BrN/c17-15-9-5-8-14-13(15)10-11-16(14)18-12-6-3-1-2-4-7-12/h5,8-9,12,16,18H,1-4,6-7,10-11H2. The molecular formula is C16H22BrN. The van der Waals surface area contributed by atoms with Gasteiger partial charge in [-0.2, -0.15) is 0 Å². The zero-order valence-electron chi connectivity index (χ0n) is 10.9. The first kappa shape index (κ1) is 12.7. The molecule has 1 unspecified atom stereocenters. The molecule has 0 saturated heterocycles. The second kappa shape index (κ2) is 5.75. The maximum absolute atomic E-state index is 3.92. The summed E-state index contributed by atoms with van der Waals surface area (Å²) in [5, 5.41) is 3.92. The summed E-state index contributed by atoms with van der Waals surface area (Å²) in [5.74, 6) is 0. The summed E-state index contributed by atoms with van der Waals surface area (Å²) in [5.41, 5.74) is 3.07. The summed E-state index contributed by atoms with van der Waals surface area (Å²) >= 11 is 3.68. The molecule has 0 radical (unpaired) electrons. The van der Waals surface area contributed by atoms with E-state index in [0.717, 1.165) is 6.04 Å². The molecule has 1 atom stereocenters. The van der Waals surface area contributed by atoms with Crippen molar-refractivity contribution in [3.05, 3.63) is 33.8 Å². The van der Waals surface area contributed by atoms with Crippen LogP contribution in [0.15, 0.2) is 22.7 Å². The second-order valence-corrected chi connectivity index (χ2v) is 6.61. The van der Waals surface area contributed by atoms with E-state index in [1.807, 2.05) is 0 Å². The molecule has 1 saturated carbocycles. The number of halogens is 1. The lowest BCUT2D eigenvalue weighted by Crippen LogP contribution is -2.31.